The smallest absolute Gasteiger partial charge is 0.258 e. The van der Waals surface area contributed by atoms with Crippen LogP contribution in [-0.4, -0.2) is 60.1 Å². The molecule has 1 aromatic rings. The Hall–Kier alpha value is -1.80. The van der Waals surface area contributed by atoms with Crippen LogP contribution in [0.25, 0.3) is 0 Å². The van der Waals surface area contributed by atoms with E-state index in [1.54, 1.807) is 0 Å². The number of nitrogen functional groups attached to an aromatic ring is 1. The van der Waals surface area contributed by atoms with Gasteiger partial charge in [-0.25, -0.2) is 8.42 Å². The minimum atomic E-state index is -3.16. The summed E-state index contributed by atoms with van der Waals surface area (Å²) < 4.78 is 23.1. The van der Waals surface area contributed by atoms with Gasteiger partial charge >= 0.3 is 0 Å². The molecule has 1 fully saturated rings. The maximum absolute atomic E-state index is 12.5. The van der Waals surface area contributed by atoms with Crippen molar-refractivity contribution in [3.05, 3.63) is 23.8 Å². The topological polar surface area (TPSA) is 121 Å². The molecule has 1 unspecified atom stereocenters. The summed E-state index contributed by atoms with van der Waals surface area (Å²) in [4.78, 5) is 13.8. The quantitative estimate of drug-likeness (QED) is 0.513. The zero-order chi connectivity index (χ0) is 15.6. The van der Waals surface area contributed by atoms with Gasteiger partial charge in [0.15, 0.2) is 15.6 Å². The van der Waals surface area contributed by atoms with Gasteiger partial charge in [0, 0.05) is 12.6 Å². The Bertz CT molecular complexity index is 644. The van der Waals surface area contributed by atoms with Crippen LogP contribution in [0.5, 0.6) is 5.75 Å². The number of carbonyl (C=O) groups excluding carboxylic acids is 1. The average Bonchev–Trinajstić information content (AvgIpc) is 2.78. The van der Waals surface area contributed by atoms with Crippen molar-refractivity contribution in [3.63, 3.8) is 0 Å². The van der Waals surface area contributed by atoms with Crippen molar-refractivity contribution in [2.24, 2.45) is 0 Å². The number of anilines is 1. The van der Waals surface area contributed by atoms with Gasteiger partial charge in [0.1, 0.15) is 0 Å². The van der Waals surface area contributed by atoms with Crippen molar-refractivity contribution in [2.75, 3.05) is 30.4 Å². The SMILES string of the molecule is Nc1cccc(C(=O)N(CCO)C2CCS(=O)(=O)C2)c1O. The third-order valence-corrected chi connectivity index (χ3v) is 5.30. The second-order valence-corrected chi connectivity index (χ2v) is 7.25. The zero-order valence-electron chi connectivity index (χ0n) is 11.4. The lowest BCUT2D eigenvalue weighted by Gasteiger charge is -2.28. The highest BCUT2D eigenvalue weighted by Gasteiger charge is 2.35. The molecule has 1 heterocycles. The van der Waals surface area contributed by atoms with E-state index in [9.17, 15) is 18.3 Å². The van der Waals surface area contributed by atoms with Crippen LogP contribution in [0.1, 0.15) is 16.8 Å². The van der Waals surface area contributed by atoms with Gasteiger partial charge in [-0.3, -0.25) is 4.79 Å². The number of aliphatic hydroxyl groups excluding tert-OH is 1. The Morgan fingerprint density at radius 2 is 2.14 bits per heavy atom. The molecule has 116 valence electrons. The number of aromatic hydroxyl groups is 1. The largest absolute Gasteiger partial charge is 0.505 e. The standard InChI is InChI=1S/C13H18N2O5S/c14-11-3-1-2-10(12(11)17)13(18)15(5-6-16)9-4-7-21(19,20)8-9/h1-3,9,16-17H,4-8,14H2. The number of sulfone groups is 1. The van der Waals surface area contributed by atoms with E-state index in [0.29, 0.717) is 6.42 Å². The molecule has 21 heavy (non-hydrogen) atoms. The van der Waals surface area contributed by atoms with E-state index in [0.717, 1.165) is 0 Å². The normalized spacial score (nSPS) is 20.3. The van der Waals surface area contributed by atoms with E-state index in [2.05, 4.69) is 0 Å². The Labute approximate surface area is 122 Å². The van der Waals surface area contributed by atoms with Crippen molar-refractivity contribution in [1.82, 2.24) is 4.90 Å². The Balaban J connectivity index is 2.30. The Morgan fingerprint density at radius 3 is 2.71 bits per heavy atom. The monoisotopic (exact) mass is 314 g/mol. The summed E-state index contributed by atoms with van der Waals surface area (Å²) >= 11 is 0. The number of hydrogen-bond acceptors (Lipinski definition) is 6. The van der Waals surface area contributed by atoms with Crippen LogP contribution in [0.2, 0.25) is 0 Å². The highest BCUT2D eigenvalue weighted by Crippen LogP contribution is 2.27. The first-order valence-corrected chi connectivity index (χ1v) is 8.37. The summed E-state index contributed by atoms with van der Waals surface area (Å²) in [5.74, 6) is -0.959. The molecule has 4 N–H and O–H groups in total. The minimum absolute atomic E-state index is 0.00717. The molecule has 2 rings (SSSR count). The molecule has 0 aliphatic carbocycles. The molecule has 1 aliphatic heterocycles. The summed E-state index contributed by atoms with van der Waals surface area (Å²) in [6.07, 6.45) is 0.331. The van der Waals surface area contributed by atoms with Gasteiger partial charge in [0.2, 0.25) is 0 Å². The molecule has 0 radical (unpaired) electrons. The van der Waals surface area contributed by atoms with Gasteiger partial charge in [-0.15, -0.1) is 0 Å². The number of nitrogens with zero attached hydrogens (tertiary/aromatic N) is 1. The third-order valence-electron chi connectivity index (χ3n) is 3.55. The van der Waals surface area contributed by atoms with E-state index < -0.39 is 21.8 Å². The molecule has 1 aromatic carbocycles. The maximum Gasteiger partial charge on any atom is 0.258 e. The molecule has 0 aromatic heterocycles. The van der Waals surface area contributed by atoms with Gasteiger partial charge in [-0.05, 0) is 18.6 Å². The van der Waals surface area contributed by atoms with E-state index in [4.69, 9.17) is 10.8 Å². The molecule has 0 spiro atoms. The van der Waals surface area contributed by atoms with Crippen molar-refractivity contribution < 1.29 is 23.4 Å². The fourth-order valence-corrected chi connectivity index (χ4v) is 4.20. The zero-order valence-corrected chi connectivity index (χ0v) is 12.2. The first-order chi connectivity index (χ1) is 9.85. The molecule has 0 bridgehead atoms. The number of carbonyl (C=O) groups is 1. The van der Waals surface area contributed by atoms with E-state index in [1.165, 1.54) is 23.1 Å². The van der Waals surface area contributed by atoms with Crippen LogP contribution >= 0.6 is 0 Å². The number of amides is 1. The number of phenols is 1. The second kappa shape index (κ2) is 5.90. The number of benzene rings is 1. The van der Waals surface area contributed by atoms with E-state index >= 15 is 0 Å². The van der Waals surface area contributed by atoms with Crippen molar-refractivity contribution in [3.8, 4) is 5.75 Å². The molecular weight excluding hydrogens is 296 g/mol. The molecule has 1 atom stereocenters. The average molecular weight is 314 g/mol. The minimum Gasteiger partial charge on any atom is -0.505 e. The maximum atomic E-state index is 12.5. The number of aliphatic hydroxyl groups is 1. The van der Waals surface area contributed by atoms with Crippen LogP contribution in [-0.2, 0) is 9.84 Å². The molecule has 1 aliphatic rings. The lowest BCUT2D eigenvalue weighted by atomic mass is 10.1. The van der Waals surface area contributed by atoms with Crippen LogP contribution in [0.15, 0.2) is 18.2 Å². The molecule has 0 saturated carbocycles. The van der Waals surface area contributed by atoms with Crippen LogP contribution in [0.3, 0.4) is 0 Å². The lowest BCUT2D eigenvalue weighted by Crippen LogP contribution is -2.42. The molecule has 8 heteroatoms. The summed E-state index contributed by atoms with van der Waals surface area (Å²) in [5.41, 5.74) is 5.64. The van der Waals surface area contributed by atoms with E-state index in [1.807, 2.05) is 0 Å². The first-order valence-electron chi connectivity index (χ1n) is 6.55. The molecule has 7 nitrogen and oxygen atoms in total. The predicted octanol–water partition coefficient (Wildman–Crippen LogP) is -0.404. The fraction of sp³-hybridized carbons (Fsp3) is 0.462. The van der Waals surface area contributed by atoms with Crippen LogP contribution in [0.4, 0.5) is 5.69 Å². The lowest BCUT2D eigenvalue weighted by molar-refractivity contribution is 0.0652. The Kier molecular flexibility index (Phi) is 4.38. The summed E-state index contributed by atoms with van der Waals surface area (Å²) in [6, 6.07) is 3.92. The van der Waals surface area contributed by atoms with Gasteiger partial charge in [0.25, 0.3) is 5.91 Å². The van der Waals surface area contributed by atoms with E-state index in [-0.39, 0.29) is 41.7 Å². The molecule has 1 saturated heterocycles. The number of hydrogen-bond donors (Lipinski definition) is 3. The van der Waals surface area contributed by atoms with Gasteiger partial charge in [0.05, 0.1) is 29.4 Å². The molecular formula is C13H18N2O5S. The third kappa shape index (κ3) is 3.27. The highest BCUT2D eigenvalue weighted by molar-refractivity contribution is 7.91. The van der Waals surface area contributed by atoms with Crippen molar-refractivity contribution >= 4 is 21.4 Å². The van der Waals surface area contributed by atoms with Crippen LogP contribution in [0, 0.1) is 0 Å². The van der Waals surface area contributed by atoms with Gasteiger partial charge < -0.3 is 20.8 Å². The number of rotatable bonds is 4. The summed E-state index contributed by atoms with van der Waals surface area (Å²) in [5, 5.41) is 19.0. The van der Waals surface area contributed by atoms with Crippen LogP contribution < -0.4 is 5.73 Å². The number of phenolic OH excluding ortho intramolecular Hbond substituents is 1. The summed E-state index contributed by atoms with van der Waals surface area (Å²) in [7, 11) is -3.16. The number of para-hydroxylation sites is 1. The highest BCUT2D eigenvalue weighted by atomic mass is 32.2. The fourth-order valence-electron chi connectivity index (χ4n) is 2.47. The Morgan fingerprint density at radius 1 is 1.43 bits per heavy atom. The second-order valence-electron chi connectivity index (χ2n) is 5.02. The number of nitrogens with two attached hydrogens (primary N) is 1. The van der Waals surface area contributed by atoms with Crippen molar-refractivity contribution in [1.29, 1.82) is 0 Å². The van der Waals surface area contributed by atoms with Gasteiger partial charge in [-0.2, -0.15) is 0 Å². The predicted molar refractivity (Wildman–Crippen MR) is 77.7 cm³/mol. The first kappa shape index (κ1) is 15.6. The van der Waals surface area contributed by atoms with Crippen molar-refractivity contribution in [2.45, 2.75) is 12.5 Å². The van der Waals surface area contributed by atoms with Gasteiger partial charge in [-0.1, -0.05) is 6.07 Å². The summed E-state index contributed by atoms with van der Waals surface area (Å²) in [6.45, 7) is -0.279. The molecule has 1 amide bonds.